The van der Waals surface area contributed by atoms with E-state index < -0.39 is 0 Å². The average molecular weight is 309 g/mol. The Bertz CT molecular complexity index is 520. The molecule has 0 bridgehead atoms. The van der Waals surface area contributed by atoms with Crippen molar-refractivity contribution in [2.45, 2.75) is 20.3 Å². The molecule has 1 aromatic carbocycles. The lowest BCUT2D eigenvalue weighted by Gasteiger charge is -2.06. The van der Waals surface area contributed by atoms with E-state index in [0.717, 1.165) is 26.0 Å². The van der Waals surface area contributed by atoms with Crippen molar-refractivity contribution in [3.63, 3.8) is 0 Å². The first-order valence-electron chi connectivity index (χ1n) is 5.40. The Kier molecular flexibility index (Phi) is 3.79. The first-order valence-corrected chi connectivity index (χ1v) is 7.07. The van der Waals surface area contributed by atoms with Gasteiger partial charge in [-0.1, -0.05) is 22.0 Å². The SMILES string of the molecule is Cc1cc(C(=O)Cc2cccs2)cc(C)c1Br. The fourth-order valence-electron chi connectivity index (χ4n) is 1.78. The first kappa shape index (κ1) is 12.5. The summed E-state index contributed by atoms with van der Waals surface area (Å²) in [5, 5.41) is 2.00. The van der Waals surface area contributed by atoms with Crippen LogP contribution >= 0.6 is 27.3 Å². The molecular formula is C14H13BrOS. The van der Waals surface area contributed by atoms with Gasteiger partial charge >= 0.3 is 0 Å². The predicted octanol–water partition coefficient (Wildman–Crippen LogP) is 4.55. The minimum atomic E-state index is 0.186. The van der Waals surface area contributed by atoms with Gasteiger partial charge in [0, 0.05) is 21.3 Å². The number of rotatable bonds is 3. The Morgan fingerprint density at radius 2 is 1.94 bits per heavy atom. The second kappa shape index (κ2) is 5.15. The molecule has 1 heterocycles. The van der Waals surface area contributed by atoms with Crippen molar-refractivity contribution in [1.29, 1.82) is 0 Å². The second-order valence-corrected chi connectivity index (χ2v) is 5.93. The van der Waals surface area contributed by atoms with Gasteiger partial charge in [0.25, 0.3) is 0 Å². The van der Waals surface area contributed by atoms with Crippen molar-refractivity contribution in [2.24, 2.45) is 0 Å². The third-order valence-corrected chi connectivity index (χ3v) is 4.80. The number of thiophene rings is 1. The summed E-state index contributed by atoms with van der Waals surface area (Å²) in [5.74, 6) is 0.186. The van der Waals surface area contributed by atoms with E-state index >= 15 is 0 Å². The van der Waals surface area contributed by atoms with Crippen LogP contribution in [0.4, 0.5) is 0 Å². The van der Waals surface area contributed by atoms with Crippen molar-refractivity contribution < 1.29 is 4.79 Å². The van der Waals surface area contributed by atoms with Crippen molar-refractivity contribution in [2.75, 3.05) is 0 Å². The van der Waals surface area contributed by atoms with E-state index in [1.807, 2.05) is 43.5 Å². The van der Waals surface area contributed by atoms with E-state index in [2.05, 4.69) is 15.9 Å². The molecule has 0 fully saturated rings. The van der Waals surface area contributed by atoms with E-state index in [1.54, 1.807) is 11.3 Å². The molecule has 1 nitrogen and oxygen atoms in total. The largest absolute Gasteiger partial charge is 0.294 e. The molecule has 3 heteroatoms. The molecule has 2 aromatic rings. The maximum absolute atomic E-state index is 12.1. The minimum Gasteiger partial charge on any atom is -0.294 e. The van der Waals surface area contributed by atoms with E-state index in [9.17, 15) is 4.79 Å². The highest BCUT2D eigenvalue weighted by molar-refractivity contribution is 9.10. The summed E-state index contributed by atoms with van der Waals surface area (Å²) >= 11 is 5.14. The summed E-state index contributed by atoms with van der Waals surface area (Å²) in [5.41, 5.74) is 3.02. The van der Waals surface area contributed by atoms with Crippen molar-refractivity contribution in [1.82, 2.24) is 0 Å². The molecule has 0 saturated carbocycles. The van der Waals surface area contributed by atoms with Gasteiger partial charge in [-0.2, -0.15) is 0 Å². The third kappa shape index (κ3) is 2.85. The van der Waals surface area contributed by atoms with E-state index in [-0.39, 0.29) is 5.78 Å². The molecule has 0 spiro atoms. The Labute approximate surface area is 114 Å². The summed E-state index contributed by atoms with van der Waals surface area (Å²) in [7, 11) is 0. The standard InChI is InChI=1S/C14H13BrOS/c1-9-6-11(7-10(2)14(9)15)13(16)8-12-4-3-5-17-12/h3-7H,8H2,1-2H3. The predicted molar refractivity (Wildman–Crippen MR) is 76.0 cm³/mol. The lowest BCUT2D eigenvalue weighted by molar-refractivity contribution is 0.0993. The number of hydrogen-bond acceptors (Lipinski definition) is 2. The third-order valence-electron chi connectivity index (χ3n) is 2.67. The lowest BCUT2D eigenvalue weighted by Crippen LogP contribution is -2.03. The van der Waals surface area contributed by atoms with Crippen molar-refractivity contribution >= 4 is 33.0 Å². The molecule has 1 aromatic heterocycles. The second-order valence-electron chi connectivity index (χ2n) is 4.10. The molecule has 0 saturated heterocycles. The van der Waals surface area contributed by atoms with Gasteiger partial charge < -0.3 is 0 Å². The maximum atomic E-state index is 12.1. The van der Waals surface area contributed by atoms with E-state index in [0.29, 0.717) is 6.42 Å². The topological polar surface area (TPSA) is 17.1 Å². The van der Waals surface area contributed by atoms with Gasteiger partial charge in [-0.05, 0) is 48.6 Å². The van der Waals surface area contributed by atoms with Crippen LogP contribution in [0.25, 0.3) is 0 Å². The number of Topliss-reactive ketones (excluding diaryl/α,β-unsaturated/α-hetero) is 1. The quantitative estimate of drug-likeness (QED) is 0.760. The van der Waals surface area contributed by atoms with Crippen LogP contribution in [-0.2, 0) is 6.42 Å². The van der Waals surface area contributed by atoms with Crippen LogP contribution in [0.5, 0.6) is 0 Å². The van der Waals surface area contributed by atoms with E-state index in [4.69, 9.17) is 0 Å². The zero-order chi connectivity index (χ0) is 12.4. The highest BCUT2D eigenvalue weighted by atomic mass is 79.9. The van der Waals surface area contributed by atoms with Gasteiger partial charge in [-0.3, -0.25) is 4.79 Å². The van der Waals surface area contributed by atoms with Gasteiger partial charge in [-0.15, -0.1) is 11.3 Å². The van der Waals surface area contributed by atoms with Gasteiger partial charge in [0.2, 0.25) is 0 Å². The molecule has 0 aliphatic heterocycles. The van der Waals surface area contributed by atoms with Crippen LogP contribution < -0.4 is 0 Å². The number of halogens is 1. The molecule has 0 radical (unpaired) electrons. The molecule has 0 N–H and O–H groups in total. The van der Waals surface area contributed by atoms with Gasteiger partial charge in [0.05, 0.1) is 0 Å². The minimum absolute atomic E-state index is 0.186. The highest BCUT2D eigenvalue weighted by Crippen LogP contribution is 2.23. The molecule has 0 atom stereocenters. The lowest BCUT2D eigenvalue weighted by atomic mass is 10.0. The monoisotopic (exact) mass is 308 g/mol. The molecule has 88 valence electrons. The highest BCUT2D eigenvalue weighted by Gasteiger charge is 2.10. The normalized spacial score (nSPS) is 10.5. The fourth-order valence-corrected chi connectivity index (χ4v) is 2.71. The zero-order valence-electron chi connectivity index (χ0n) is 9.79. The molecule has 2 rings (SSSR count). The Morgan fingerprint density at radius 1 is 1.29 bits per heavy atom. The number of ketones is 1. The van der Waals surface area contributed by atoms with Gasteiger partial charge in [-0.25, -0.2) is 0 Å². The fraction of sp³-hybridized carbons (Fsp3) is 0.214. The van der Waals surface area contributed by atoms with E-state index in [1.165, 1.54) is 0 Å². The Balaban J connectivity index is 2.26. The summed E-state index contributed by atoms with van der Waals surface area (Å²) in [6.07, 6.45) is 0.498. The van der Waals surface area contributed by atoms with Crippen molar-refractivity contribution in [3.05, 3.63) is 55.7 Å². The van der Waals surface area contributed by atoms with Crippen LogP contribution in [0.3, 0.4) is 0 Å². The van der Waals surface area contributed by atoms with Gasteiger partial charge in [0.15, 0.2) is 5.78 Å². The van der Waals surface area contributed by atoms with Crippen LogP contribution in [0.15, 0.2) is 34.1 Å². The number of hydrogen-bond donors (Lipinski definition) is 0. The molecule has 0 unspecified atom stereocenters. The number of benzene rings is 1. The van der Waals surface area contributed by atoms with Crippen molar-refractivity contribution in [3.8, 4) is 0 Å². The number of aryl methyl sites for hydroxylation is 2. The molecule has 0 aliphatic carbocycles. The maximum Gasteiger partial charge on any atom is 0.168 e. The molecular weight excluding hydrogens is 296 g/mol. The Hall–Kier alpha value is -0.930. The van der Waals surface area contributed by atoms with Crippen LogP contribution in [0, 0.1) is 13.8 Å². The zero-order valence-corrected chi connectivity index (χ0v) is 12.2. The van der Waals surface area contributed by atoms with Gasteiger partial charge in [0.1, 0.15) is 0 Å². The number of carbonyl (C=O) groups excluding carboxylic acids is 1. The average Bonchev–Trinajstić information content (AvgIpc) is 2.77. The van der Waals surface area contributed by atoms with Crippen LogP contribution in [-0.4, -0.2) is 5.78 Å². The summed E-state index contributed by atoms with van der Waals surface area (Å²) < 4.78 is 1.09. The van der Waals surface area contributed by atoms with Crippen LogP contribution in [0.1, 0.15) is 26.4 Å². The Morgan fingerprint density at radius 3 is 2.47 bits per heavy atom. The summed E-state index contributed by atoms with van der Waals surface area (Å²) in [4.78, 5) is 13.2. The molecule has 0 amide bonds. The first-order chi connectivity index (χ1) is 8.08. The van der Waals surface area contributed by atoms with Crippen LogP contribution in [0.2, 0.25) is 0 Å². The molecule has 17 heavy (non-hydrogen) atoms. The number of carbonyl (C=O) groups is 1. The summed E-state index contributed by atoms with van der Waals surface area (Å²) in [6, 6.07) is 7.88. The summed E-state index contributed by atoms with van der Waals surface area (Å²) in [6.45, 7) is 4.03. The smallest absolute Gasteiger partial charge is 0.168 e. The molecule has 0 aliphatic rings.